The van der Waals surface area contributed by atoms with E-state index in [0.717, 1.165) is 5.56 Å². The summed E-state index contributed by atoms with van der Waals surface area (Å²) in [6.45, 7) is 1.92. The number of aryl methyl sites for hydroxylation is 1. The lowest BCUT2D eigenvalue weighted by atomic mass is 10.4. The van der Waals surface area contributed by atoms with Crippen molar-refractivity contribution < 1.29 is 0 Å². The van der Waals surface area contributed by atoms with Crippen LogP contribution in [0.1, 0.15) is 5.56 Å². The molecule has 7 heteroatoms. The molecule has 0 saturated carbocycles. The van der Waals surface area contributed by atoms with Crippen LogP contribution in [0.4, 0.5) is 0 Å². The number of hydrogen-bond acceptors (Lipinski definition) is 5. The Bertz CT molecular complexity index is 503. The maximum absolute atomic E-state index is 5.87. The second-order valence-electron chi connectivity index (χ2n) is 2.97. The van der Waals surface area contributed by atoms with Crippen molar-refractivity contribution in [3.8, 4) is 0 Å². The molecule has 0 spiro atoms. The summed E-state index contributed by atoms with van der Waals surface area (Å²) in [6.07, 6.45) is 3.47. The van der Waals surface area contributed by atoms with Crippen LogP contribution in [-0.2, 0) is 0 Å². The molecule has 2 aromatic rings. The Morgan fingerprint density at radius 3 is 2.50 bits per heavy atom. The minimum Gasteiger partial charge on any atom is -0.231 e. The van der Waals surface area contributed by atoms with Crippen LogP contribution in [0.3, 0.4) is 0 Å². The fourth-order valence-corrected chi connectivity index (χ4v) is 2.06. The third kappa shape index (κ3) is 2.81. The molecular formula is C9H6Cl2N4S. The van der Waals surface area contributed by atoms with Gasteiger partial charge in [0.2, 0.25) is 0 Å². The normalized spacial score (nSPS) is 10.4. The van der Waals surface area contributed by atoms with Gasteiger partial charge in [-0.1, -0.05) is 23.2 Å². The molecule has 0 saturated heterocycles. The molecule has 0 radical (unpaired) electrons. The molecule has 2 heterocycles. The van der Waals surface area contributed by atoms with Gasteiger partial charge in [0, 0.05) is 12.4 Å². The molecule has 0 aromatic carbocycles. The van der Waals surface area contributed by atoms with Crippen LogP contribution in [0.5, 0.6) is 0 Å². The summed E-state index contributed by atoms with van der Waals surface area (Å²) in [5, 5.41) is 8.50. The Hall–Kier alpha value is -0.910. The monoisotopic (exact) mass is 272 g/mol. The summed E-state index contributed by atoms with van der Waals surface area (Å²) < 4.78 is 0. The molecule has 2 aromatic heterocycles. The molecule has 16 heavy (non-hydrogen) atoms. The number of nitrogens with zero attached hydrogens (tertiary/aromatic N) is 4. The number of halogens is 2. The van der Waals surface area contributed by atoms with Gasteiger partial charge in [-0.15, -0.1) is 10.2 Å². The van der Waals surface area contributed by atoms with Crippen LogP contribution in [0.2, 0.25) is 10.3 Å². The van der Waals surface area contributed by atoms with E-state index in [2.05, 4.69) is 20.2 Å². The van der Waals surface area contributed by atoms with Gasteiger partial charge in [0.05, 0.1) is 4.90 Å². The maximum atomic E-state index is 5.87. The summed E-state index contributed by atoms with van der Waals surface area (Å²) >= 11 is 12.9. The third-order valence-corrected chi connectivity index (χ3v) is 3.15. The van der Waals surface area contributed by atoms with Gasteiger partial charge < -0.3 is 0 Å². The van der Waals surface area contributed by atoms with E-state index in [1.807, 2.05) is 6.92 Å². The van der Waals surface area contributed by atoms with Gasteiger partial charge in [-0.2, -0.15) is 0 Å². The molecule has 0 atom stereocenters. The van der Waals surface area contributed by atoms with Gasteiger partial charge >= 0.3 is 0 Å². The predicted octanol–water partition coefficient (Wildman–Crippen LogP) is 3.03. The molecule has 0 amide bonds. The van der Waals surface area contributed by atoms with Crippen molar-refractivity contribution in [2.75, 3.05) is 0 Å². The van der Waals surface area contributed by atoms with Crippen LogP contribution in [0, 0.1) is 6.92 Å². The average molecular weight is 273 g/mol. The van der Waals surface area contributed by atoms with Crippen LogP contribution in [0.25, 0.3) is 0 Å². The maximum Gasteiger partial charge on any atom is 0.192 e. The average Bonchev–Trinajstić information content (AvgIpc) is 2.27. The largest absolute Gasteiger partial charge is 0.231 e. The fourth-order valence-electron chi connectivity index (χ4n) is 0.941. The van der Waals surface area contributed by atoms with E-state index in [1.54, 1.807) is 18.5 Å². The zero-order chi connectivity index (χ0) is 11.5. The zero-order valence-electron chi connectivity index (χ0n) is 8.19. The first kappa shape index (κ1) is 11.6. The molecule has 0 fully saturated rings. The first-order chi connectivity index (χ1) is 7.65. The lowest BCUT2D eigenvalue weighted by Gasteiger charge is -2.01. The van der Waals surface area contributed by atoms with E-state index in [0.29, 0.717) is 20.4 Å². The molecule has 0 aliphatic carbocycles. The second-order valence-corrected chi connectivity index (χ2v) is 4.72. The lowest BCUT2D eigenvalue weighted by Crippen LogP contribution is -1.89. The van der Waals surface area contributed by atoms with Crippen LogP contribution in [0.15, 0.2) is 28.5 Å². The third-order valence-electron chi connectivity index (χ3n) is 1.65. The minimum atomic E-state index is 0.290. The highest BCUT2D eigenvalue weighted by Crippen LogP contribution is 2.30. The first-order valence-corrected chi connectivity index (χ1v) is 5.87. The SMILES string of the molecule is Cc1cnc(Sc2cc(Cl)nnc2Cl)nc1. The van der Waals surface area contributed by atoms with Crippen molar-refractivity contribution in [1.82, 2.24) is 20.2 Å². The van der Waals surface area contributed by atoms with Crippen molar-refractivity contribution in [2.45, 2.75) is 17.0 Å². The molecule has 0 unspecified atom stereocenters. The van der Waals surface area contributed by atoms with E-state index in [1.165, 1.54) is 11.8 Å². The Kier molecular flexibility index (Phi) is 3.58. The summed E-state index contributed by atoms with van der Waals surface area (Å²) in [4.78, 5) is 8.98. The molecule has 0 bridgehead atoms. The minimum absolute atomic E-state index is 0.290. The van der Waals surface area contributed by atoms with E-state index in [9.17, 15) is 0 Å². The van der Waals surface area contributed by atoms with Crippen molar-refractivity contribution >= 4 is 35.0 Å². The highest BCUT2D eigenvalue weighted by Gasteiger charge is 2.07. The van der Waals surface area contributed by atoms with Crippen molar-refractivity contribution in [1.29, 1.82) is 0 Å². The number of rotatable bonds is 2. The number of hydrogen-bond donors (Lipinski definition) is 0. The predicted molar refractivity (Wildman–Crippen MR) is 62.9 cm³/mol. The molecule has 4 nitrogen and oxygen atoms in total. The Labute approximate surface area is 106 Å². The van der Waals surface area contributed by atoms with Gasteiger partial charge in [-0.25, -0.2) is 9.97 Å². The Balaban J connectivity index is 2.26. The summed E-state index contributed by atoms with van der Waals surface area (Å²) in [5.41, 5.74) is 1.00. The van der Waals surface area contributed by atoms with Crippen LogP contribution >= 0.6 is 35.0 Å². The van der Waals surface area contributed by atoms with Crippen molar-refractivity contribution in [2.24, 2.45) is 0 Å². The van der Waals surface area contributed by atoms with Gasteiger partial charge in [-0.3, -0.25) is 0 Å². The molecule has 2 rings (SSSR count). The molecule has 0 N–H and O–H groups in total. The Morgan fingerprint density at radius 2 is 1.81 bits per heavy atom. The topological polar surface area (TPSA) is 51.6 Å². The molecular weight excluding hydrogens is 267 g/mol. The summed E-state index contributed by atoms with van der Waals surface area (Å²) in [5.74, 6) is 0. The Morgan fingerprint density at radius 1 is 1.12 bits per heavy atom. The molecule has 82 valence electrons. The molecule has 0 aliphatic heterocycles. The van der Waals surface area contributed by atoms with Gasteiger partial charge in [0.25, 0.3) is 0 Å². The quantitative estimate of drug-likeness (QED) is 0.787. The zero-order valence-corrected chi connectivity index (χ0v) is 10.5. The van der Waals surface area contributed by atoms with Crippen LogP contribution in [-0.4, -0.2) is 20.2 Å². The van der Waals surface area contributed by atoms with E-state index < -0.39 is 0 Å². The van der Waals surface area contributed by atoms with Crippen molar-refractivity contribution in [3.05, 3.63) is 34.3 Å². The van der Waals surface area contributed by atoms with Gasteiger partial charge in [0.1, 0.15) is 0 Å². The first-order valence-electron chi connectivity index (χ1n) is 4.30. The highest BCUT2D eigenvalue weighted by atomic mass is 35.5. The fraction of sp³-hybridized carbons (Fsp3) is 0.111. The van der Waals surface area contributed by atoms with E-state index in [4.69, 9.17) is 23.2 Å². The standard InChI is InChI=1S/C9H6Cl2N4S/c1-5-3-12-9(13-4-5)16-6-2-7(10)14-15-8(6)11/h2-4H,1H3. The van der Waals surface area contributed by atoms with Crippen LogP contribution < -0.4 is 0 Å². The highest BCUT2D eigenvalue weighted by molar-refractivity contribution is 7.99. The molecule has 0 aliphatic rings. The number of aromatic nitrogens is 4. The van der Waals surface area contributed by atoms with Crippen molar-refractivity contribution in [3.63, 3.8) is 0 Å². The summed E-state index contributed by atoms with van der Waals surface area (Å²) in [7, 11) is 0. The lowest BCUT2D eigenvalue weighted by molar-refractivity contribution is 0.944. The van der Waals surface area contributed by atoms with E-state index >= 15 is 0 Å². The smallest absolute Gasteiger partial charge is 0.192 e. The summed E-state index contributed by atoms with van der Waals surface area (Å²) in [6, 6.07) is 1.63. The van der Waals surface area contributed by atoms with E-state index in [-0.39, 0.29) is 0 Å². The van der Waals surface area contributed by atoms with Gasteiger partial charge in [0.15, 0.2) is 15.5 Å². The van der Waals surface area contributed by atoms with Gasteiger partial charge in [-0.05, 0) is 30.3 Å². The second kappa shape index (κ2) is 4.95.